The van der Waals surface area contributed by atoms with Gasteiger partial charge in [0, 0.05) is 11.9 Å². The Hall–Kier alpha value is -1.19. The molecule has 0 saturated carbocycles. The van der Waals surface area contributed by atoms with Crippen LogP contribution < -0.4 is 15.8 Å². The second kappa shape index (κ2) is 5.94. The molecule has 1 aromatic heterocycles. The van der Waals surface area contributed by atoms with Gasteiger partial charge in [-0.25, -0.2) is 18.1 Å². The summed E-state index contributed by atoms with van der Waals surface area (Å²) in [7, 11) is -1.95. The van der Waals surface area contributed by atoms with Gasteiger partial charge in [0.05, 0.1) is 17.9 Å². The Morgan fingerprint density at radius 1 is 1.59 bits per heavy atom. The number of hydrogen-bond acceptors (Lipinski definition) is 6. The molecule has 7 nitrogen and oxygen atoms in total. The Morgan fingerprint density at radius 3 is 2.82 bits per heavy atom. The van der Waals surface area contributed by atoms with E-state index in [1.54, 1.807) is 5.38 Å². The number of nitrogens with one attached hydrogen (secondary N) is 2. The number of rotatable bonds is 6. The molecule has 0 saturated heterocycles. The van der Waals surface area contributed by atoms with Crippen molar-refractivity contribution < 1.29 is 13.2 Å². The number of carbonyl (C=O) groups excluding carboxylic acids is 1. The molecule has 0 aliphatic heterocycles. The van der Waals surface area contributed by atoms with Gasteiger partial charge < -0.3 is 11.1 Å². The van der Waals surface area contributed by atoms with E-state index in [9.17, 15) is 13.2 Å². The highest BCUT2D eigenvalue weighted by Gasteiger charge is 2.09. The van der Waals surface area contributed by atoms with Gasteiger partial charge in [-0.15, -0.1) is 11.3 Å². The first-order valence-electron chi connectivity index (χ1n) is 4.81. The van der Waals surface area contributed by atoms with Crippen molar-refractivity contribution in [3.8, 4) is 0 Å². The van der Waals surface area contributed by atoms with Crippen LogP contribution >= 0.6 is 11.3 Å². The van der Waals surface area contributed by atoms with Crippen molar-refractivity contribution in [2.24, 2.45) is 0 Å². The molecule has 0 atom stereocenters. The number of nitrogen functional groups attached to an aromatic ring is 1. The largest absolute Gasteiger partial charge is 0.375 e. The zero-order chi connectivity index (χ0) is 12.9. The van der Waals surface area contributed by atoms with Crippen LogP contribution in [-0.4, -0.2) is 38.7 Å². The Labute approximate surface area is 103 Å². The normalized spacial score (nSPS) is 11.4. The number of amides is 1. The van der Waals surface area contributed by atoms with Gasteiger partial charge in [0.2, 0.25) is 15.9 Å². The lowest BCUT2D eigenvalue weighted by Gasteiger charge is -2.04. The Bertz CT molecular complexity index is 483. The van der Waals surface area contributed by atoms with E-state index in [4.69, 9.17) is 5.73 Å². The molecule has 0 aromatic carbocycles. The number of anilines is 1. The van der Waals surface area contributed by atoms with Gasteiger partial charge in [-0.05, 0) is 7.05 Å². The van der Waals surface area contributed by atoms with Crippen LogP contribution in [0.2, 0.25) is 0 Å². The summed E-state index contributed by atoms with van der Waals surface area (Å²) in [6, 6.07) is 0. The highest BCUT2D eigenvalue weighted by Crippen LogP contribution is 2.10. The van der Waals surface area contributed by atoms with Crippen LogP contribution in [0.15, 0.2) is 5.38 Å². The molecule has 4 N–H and O–H groups in total. The number of sulfonamides is 1. The van der Waals surface area contributed by atoms with Crippen molar-refractivity contribution in [2.45, 2.75) is 6.42 Å². The maximum atomic E-state index is 11.4. The summed E-state index contributed by atoms with van der Waals surface area (Å²) in [5, 5.41) is 4.60. The van der Waals surface area contributed by atoms with E-state index in [0.29, 0.717) is 10.8 Å². The van der Waals surface area contributed by atoms with Crippen LogP contribution in [0.3, 0.4) is 0 Å². The van der Waals surface area contributed by atoms with E-state index in [1.807, 2.05) is 0 Å². The van der Waals surface area contributed by atoms with Crippen molar-refractivity contribution in [1.82, 2.24) is 15.0 Å². The van der Waals surface area contributed by atoms with Crippen LogP contribution in [0.5, 0.6) is 0 Å². The zero-order valence-corrected chi connectivity index (χ0v) is 10.9. The molecule has 0 radical (unpaired) electrons. The minimum absolute atomic E-state index is 0.0711. The lowest BCUT2D eigenvalue weighted by Crippen LogP contribution is -2.33. The fourth-order valence-corrected chi connectivity index (χ4v) is 2.20. The number of hydrogen-bond donors (Lipinski definition) is 3. The molecule has 1 rings (SSSR count). The summed E-state index contributed by atoms with van der Waals surface area (Å²) in [4.78, 5) is 15.3. The summed E-state index contributed by atoms with van der Waals surface area (Å²) in [6.07, 6.45) is 0.104. The lowest BCUT2D eigenvalue weighted by atomic mass is 10.3. The van der Waals surface area contributed by atoms with Crippen molar-refractivity contribution in [1.29, 1.82) is 0 Å². The van der Waals surface area contributed by atoms with Gasteiger partial charge in [-0.3, -0.25) is 4.79 Å². The summed E-state index contributed by atoms with van der Waals surface area (Å²) < 4.78 is 24.3. The fraction of sp³-hybridized carbons (Fsp3) is 0.500. The van der Waals surface area contributed by atoms with Crippen LogP contribution in [0.1, 0.15) is 5.69 Å². The highest BCUT2D eigenvalue weighted by atomic mass is 32.2. The van der Waals surface area contributed by atoms with Gasteiger partial charge in [-0.2, -0.15) is 0 Å². The second-order valence-corrected chi connectivity index (χ2v) is 6.16. The molecule has 9 heteroatoms. The quantitative estimate of drug-likeness (QED) is 0.613. The predicted molar refractivity (Wildman–Crippen MR) is 66.1 cm³/mol. The highest BCUT2D eigenvalue weighted by molar-refractivity contribution is 7.89. The Morgan fingerprint density at radius 2 is 2.29 bits per heavy atom. The molecule has 0 unspecified atom stereocenters. The van der Waals surface area contributed by atoms with Crippen molar-refractivity contribution in [3.63, 3.8) is 0 Å². The molecule has 0 fully saturated rings. The fourth-order valence-electron chi connectivity index (χ4n) is 1.06. The van der Waals surface area contributed by atoms with Crippen LogP contribution in [0, 0.1) is 0 Å². The SMILES string of the molecule is CNS(=O)(=O)CCNC(=O)Cc1csc(N)n1. The first kappa shape index (κ1) is 13.9. The molecular weight excluding hydrogens is 264 g/mol. The van der Waals surface area contributed by atoms with Gasteiger partial charge in [0.1, 0.15) is 0 Å². The van der Waals surface area contributed by atoms with Crippen LogP contribution in [0.25, 0.3) is 0 Å². The third kappa shape index (κ3) is 5.11. The van der Waals surface area contributed by atoms with E-state index in [0.717, 1.165) is 0 Å². The molecule has 0 aliphatic rings. The van der Waals surface area contributed by atoms with Gasteiger partial charge >= 0.3 is 0 Å². The average molecular weight is 278 g/mol. The maximum absolute atomic E-state index is 11.4. The summed E-state index contributed by atoms with van der Waals surface area (Å²) in [5.41, 5.74) is 6.00. The van der Waals surface area contributed by atoms with Gasteiger partial charge in [0.25, 0.3) is 0 Å². The van der Waals surface area contributed by atoms with Crippen molar-refractivity contribution in [2.75, 3.05) is 25.1 Å². The molecule has 96 valence electrons. The van der Waals surface area contributed by atoms with E-state index >= 15 is 0 Å². The van der Waals surface area contributed by atoms with E-state index < -0.39 is 10.0 Å². The number of aromatic nitrogens is 1. The Kier molecular flexibility index (Phi) is 4.85. The molecule has 0 aliphatic carbocycles. The van der Waals surface area contributed by atoms with Crippen molar-refractivity contribution in [3.05, 3.63) is 11.1 Å². The monoisotopic (exact) mass is 278 g/mol. The van der Waals surface area contributed by atoms with Gasteiger partial charge in [-0.1, -0.05) is 0 Å². The first-order valence-corrected chi connectivity index (χ1v) is 7.34. The average Bonchev–Trinajstić information content (AvgIpc) is 2.63. The number of thiazole rings is 1. The number of nitrogens with zero attached hydrogens (tertiary/aromatic N) is 1. The zero-order valence-electron chi connectivity index (χ0n) is 9.26. The van der Waals surface area contributed by atoms with Crippen LogP contribution in [-0.2, 0) is 21.2 Å². The maximum Gasteiger partial charge on any atom is 0.226 e. The third-order valence-corrected chi connectivity index (χ3v) is 4.00. The number of carbonyl (C=O) groups is 1. The molecular formula is C8H14N4O3S2. The molecule has 1 amide bonds. The lowest BCUT2D eigenvalue weighted by molar-refractivity contribution is -0.120. The molecule has 17 heavy (non-hydrogen) atoms. The smallest absolute Gasteiger partial charge is 0.226 e. The Balaban J connectivity index is 2.31. The predicted octanol–water partition coefficient (Wildman–Crippen LogP) is -1.07. The van der Waals surface area contributed by atoms with Crippen LogP contribution in [0.4, 0.5) is 5.13 Å². The molecule has 1 aromatic rings. The van der Waals surface area contributed by atoms with Gasteiger partial charge in [0.15, 0.2) is 5.13 Å². The molecule has 1 heterocycles. The number of nitrogens with two attached hydrogens (primary N) is 1. The third-order valence-electron chi connectivity index (χ3n) is 1.92. The summed E-state index contributed by atoms with van der Waals surface area (Å²) in [6.45, 7) is 0.0711. The standard InChI is InChI=1S/C8H14N4O3S2/c1-10-17(14,15)3-2-11-7(13)4-6-5-16-8(9)12-6/h5,10H,2-4H2,1H3,(H2,9,12)(H,11,13). The van der Waals surface area contributed by atoms with E-state index in [1.165, 1.54) is 18.4 Å². The molecule has 0 spiro atoms. The molecule has 0 bridgehead atoms. The first-order chi connectivity index (χ1) is 7.93. The minimum Gasteiger partial charge on any atom is -0.375 e. The van der Waals surface area contributed by atoms with E-state index in [2.05, 4.69) is 15.0 Å². The second-order valence-electron chi connectivity index (χ2n) is 3.23. The summed E-state index contributed by atoms with van der Waals surface area (Å²) in [5.74, 6) is -0.421. The minimum atomic E-state index is -3.28. The summed E-state index contributed by atoms with van der Waals surface area (Å²) >= 11 is 1.26. The van der Waals surface area contributed by atoms with Crippen molar-refractivity contribution >= 4 is 32.4 Å². The topological polar surface area (TPSA) is 114 Å². The van der Waals surface area contributed by atoms with E-state index in [-0.39, 0.29) is 24.6 Å².